The number of hydrogen-bond donors (Lipinski definition) is 0. The van der Waals surface area contributed by atoms with E-state index < -0.39 is 8.32 Å². The standard InChI is InChI=1S/C27H41NO3Si/c1-27(2,3)32(25-13-7-4-8-14-25,26-15-9-5-10-16-26)31-24-23-30-22-21-29-20-19-28-17-11-6-12-18-28/h4-5,7-10,13-16H,6,11-12,17-24H2,1-3H3. The average Bonchev–Trinajstić information content (AvgIpc) is 2.81. The van der Waals surface area contributed by atoms with Crippen LogP contribution in [0.5, 0.6) is 0 Å². The normalized spacial score (nSPS) is 15.7. The number of benzene rings is 2. The Labute approximate surface area is 196 Å². The molecule has 176 valence electrons. The van der Waals surface area contributed by atoms with E-state index in [1.165, 1.54) is 42.7 Å². The van der Waals surface area contributed by atoms with Gasteiger partial charge in [-0.3, -0.25) is 0 Å². The molecule has 0 aliphatic carbocycles. The van der Waals surface area contributed by atoms with Gasteiger partial charge in [-0.25, -0.2) is 0 Å². The van der Waals surface area contributed by atoms with Gasteiger partial charge in [0.15, 0.2) is 0 Å². The first-order valence-electron chi connectivity index (χ1n) is 12.2. The molecule has 5 heteroatoms. The molecule has 0 N–H and O–H groups in total. The van der Waals surface area contributed by atoms with Crippen molar-refractivity contribution in [3.8, 4) is 0 Å². The molecule has 0 saturated carbocycles. The van der Waals surface area contributed by atoms with Crippen LogP contribution in [0.4, 0.5) is 0 Å². The molecule has 0 atom stereocenters. The maximum atomic E-state index is 6.84. The fraction of sp³-hybridized carbons (Fsp3) is 0.556. The van der Waals surface area contributed by atoms with Crippen LogP contribution in [0.3, 0.4) is 0 Å². The third kappa shape index (κ3) is 6.75. The number of likely N-dealkylation sites (tertiary alicyclic amines) is 1. The van der Waals surface area contributed by atoms with Crippen molar-refractivity contribution in [2.45, 2.75) is 45.1 Å². The molecular formula is C27H41NO3Si. The van der Waals surface area contributed by atoms with Crippen molar-refractivity contribution in [1.82, 2.24) is 4.90 Å². The van der Waals surface area contributed by atoms with E-state index in [0.717, 1.165) is 13.2 Å². The maximum absolute atomic E-state index is 6.84. The molecule has 1 heterocycles. The average molecular weight is 456 g/mol. The minimum absolute atomic E-state index is 0.00668. The SMILES string of the molecule is CC(C)(C)[Si](OCCOCCOCCN1CCCCC1)(c1ccccc1)c1ccccc1. The fourth-order valence-corrected chi connectivity index (χ4v) is 9.26. The smallest absolute Gasteiger partial charge is 0.261 e. The summed E-state index contributed by atoms with van der Waals surface area (Å²) >= 11 is 0. The molecule has 1 aliphatic rings. The van der Waals surface area contributed by atoms with Crippen molar-refractivity contribution < 1.29 is 13.9 Å². The highest BCUT2D eigenvalue weighted by Crippen LogP contribution is 2.36. The van der Waals surface area contributed by atoms with Crippen molar-refractivity contribution in [3.63, 3.8) is 0 Å². The number of ether oxygens (including phenoxy) is 2. The summed E-state index contributed by atoms with van der Waals surface area (Å²) < 4.78 is 18.5. The summed E-state index contributed by atoms with van der Waals surface area (Å²) in [4.78, 5) is 2.50. The topological polar surface area (TPSA) is 30.9 Å². The lowest BCUT2D eigenvalue weighted by Crippen LogP contribution is -2.66. The molecule has 2 aromatic rings. The van der Waals surface area contributed by atoms with Gasteiger partial charge in [-0.15, -0.1) is 0 Å². The molecule has 4 nitrogen and oxygen atoms in total. The summed E-state index contributed by atoms with van der Waals surface area (Å²) in [5, 5.41) is 2.60. The zero-order valence-electron chi connectivity index (χ0n) is 20.2. The lowest BCUT2D eigenvalue weighted by molar-refractivity contribution is 0.0268. The van der Waals surface area contributed by atoms with Gasteiger partial charge in [0.25, 0.3) is 8.32 Å². The molecule has 0 amide bonds. The third-order valence-electron chi connectivity index (χ3n) is 6.34. The van der Waals surface area contributed by atoms with E-state index in [1.54, 1.807) is 0 Å². The molecule has 0 spiro atoms. The Morgan fingerprint density at radius 3 is 1.72 bits per heavy atom. The van der Waals surface area contributed by atoms with E-state index in [2.05, 4.69) is 86.3 Å². The minimum atomic E-state index is -2.47. The van der Waals surface area contributed by atoms with Crippen LogP contribution in [0, 0.1) is 0 Å². The van der Waals surface area contributed by atoms with Gasteiger partial charge >= 0.3 is 0 Å². The lowest BCUT2D eigenvalue weighted by atomic mass is 10.1. The first-order valence-corrected chi connectivity index (χ1v) is 14.1. The third-order valence-corrected chi connectivity index (χ3v) is 11.4. The van der Waals surface area contributed by atoms with E-state index in [0.29, 0.717) is 26.4 Å². The summed E-state index contributed by atoms with van der Waals surface area (Å²) in [6.45, 7) is 13.6. The largest absolute Gasteiger partial charge is 0.405 e. The van der Waals surface area contributed by atoms with Gasteiger partial charge in [0.05, 0.1) is 33.0 Å². The number of nitrogens with zero attached hydrogens (tertiary/aromatic N) is 1. The zero-order valence-corrected chi connectivity index (χ0v) is 21.2. The van der Waals surface area contributed by atoms with Crippen LogP contribution in [0.15, 0.2) is 60.7 Å². The molecule has 0 radical (unpaired) electrons. The summed E-state index contributed by atoms with van der Waals surface area (Å²) in [6, 6.07) is 21.5. The number of piperidine rings is 1. The summed E-state index contributed by atoms with van der Waals surface area (Å²) in [7, 11) is -2.47. The Morgan fingerprint density at radius 1 is 0.688 bits per heavy atom. The van der Waals surface area contributed by atoms with Crippen LogP contribution in [0.25, 0.3) is 0 Å². The highest BCUT2D eigenvalue weighted by atomic mass is 28.4. The predicted octanol–water partition coefficient (Wildman–Crippen LogP) is 4.08. The van der Waals surface area contributed by atoms with Crippen LogP contribution in [0.2, 0.25) is 5.04 Å². The van der Waals surface area contributed by atoms with Crippen LogP contribution in [0.1, 0.15) is 40.0 Å². The Bertz CT molecular complexity index is 718. The number of rotatable bonds is 12. The molecule has 3 rings (SSSR count). The molecule has 32 heavy (non-hydrogen) atoms. The van der Waals surface area contributed by atoms with Gasteiger partial charge in [-0.05, 0) is 41.3 Å². The van der Waals surface area contributed by atoms with E-state index in [1.807, 2.05) is 0 Å². The van der Waals surface area contributed by atoms with Crippen molar-refractivity contribution >= 4 is 18.7 Å². The Kier molecular flexibility index (Phi) is 9.94. The Balaban J connectivity index is 1.49. The Hall–Kier alpha value is -1.50. The van der Waals surface area contributed by atoms with Crippen molar-refractivity contribution in [1.29, 1.82) is 0 Å². The molecular weight excluding hydrogens is 414 g/mol. The van der Waals surface area contributed by atoms with Gasteiger partial charge < -0.3 is 18.8 Å². The minimum Gasteiger partial charge on any atom is -0.405 e. The maximum Gasteiger partial charge on any atom is 0.261 e. The van der Waals surface area contributed by atoms with Crippen molar-refractivity contribution in [2.75, 3.05) is 52.7 Å². The summed E-state index contributed by atoms with van der Waals surface area (Å²) in [5.41, 5.74) is 0. The zero-order chi connectivity index (χ0) is 22.7. The molecule has 1 saturated heterocycles. The first-order chi connectivity index (χ1) is 15.5. The van der Waals surface area contributed by atoms with E-state index >= 15 is 0 Å². The second-order valence-electron chi connectivity index (χ2n) is 9.64. The van der Waals surface area contributed by atoms with Gasteiger partial charge in [0.1, 0.15) is 0 Å². The first kappa shape index (κ1) is 25.1. The highest BCUT2D eigenvalue weighted by molar-refractivity contribution is 6.99. The molecule has 0 aromatic heterocycles. The predicted molar refractivity (Wildman–Crippen MR) is 136 cm³/mol. The summed E-state index contributed by atoms with van der Waals surface area (Å²) in [6.07, 6.45) is 4.03. The molecule has 0 bridgehead atoms. The number of hydrogen-bond acceptors (Lipinski definition) is 4. The Morgan fingerprint density at radius 2 is 1.19 bits per heavy atom. The van der Waals surface area contributed by atoms with Crippen LogP contribution in [-0.2, 0) is 13.9 Å². The van der Waals surface area contributed by atoms with Gasteiger partial charge in [-0.1, -0.05) is 87.9 Å². The molecule has 0 unspecified atom stereocenters. The highest BCUT2D eigenvalue weighted by Gasteiger charge is 2.49. The van der Waals surface area contributed by atoms with Crippen LogP contribution < -0.4 is 10.4 Å². The molecule has 1 fully saturated rings. The van der Waals surface area contributed by atoms with E-state index in [-0.39, 0.29) is 5.04 Å². The molecule has 1 aliphatic heterocycles. The van der Waals surface area contributed by atoms with Crippen molar-refractivity contribution in [2.24, 2.45) is 0 Å². The second kappa shape index (κ2) is 12.7. The monoisotopic (exact) mass is 455 g/mol. The van der Waals surface area contributed by atoms with E-state index in [4.69, 9.17) is 13.9 Å². The lowest BCUT2D eigenvalue weighted by Gasteiger charge is -2.43. The van der Waals surface area contributed by atoms with Gasteiger partial charge in [0, 0.05) is 6.54 Å². The van der Waals surface area contributed by atoms with Gasteiger partial charge in [0.2, 0.25) is 0 Å². The quantitative estimate of drug-likeness (QED) is 0.356. The molecule has 2 aromatic carbocycles. The van der Waals surface area contributed by atoms with Crippen LogP contribution >= 0.6 is 0 Å². The van der Waals surface area contributed by atoms with Crippen molar-refractivity contribution in [3.05, 3.63) is 60.7 Å². The fourth-order valence-electron chi connectivity index (χ4n) is 4.71. The van der Waals surface area contributed by atoms with E-state index in [9.17, 15) is 0 Å². The van der Waals surface area contributed by atoms with Crippen LogP contribution in [-0.4, -0.2) is 65.9 Å². The van der Waals surface area contributed by atoms with Gasteiger partial charge in [-0.2, -0.15) is 0 Å². The second-order valence-corrected chi connectivity index (χ2v) is 13.9. The summed E-state index contributed by atoms with van der Waals surface area (Å²) in [5.74, 6) is 0.